The molecule has 0 unspecified atom stereocenters. The predicted molar refractivity (Wildman–Crippen MR) is 65.0 cm³/mol. The standard InChI is InChI=1S/C11H10ClNO2S/c1-7(14)13-5-4-11(15)16-10-3-2-8(12)6-9(10)13/h2-3,6H,4-5H2,1H3. The van der Waals surface area contributed by atoms with Crippen molar-refractivity contribution in [3.05, 3.63) is 23.2 Å². The van der Waals surface area contributed by atoms with Crippen LogP contribution in [-0.2, 0) is 9.59 Å². The second-order valence-corrected chi connectivity index (χ2v) is 5.04. The Bertz CT molecular complexity index is 461. The normalized spacial score (nSPS) is 15.6. The number of halogens is 1. The molecule has 0 atom stereocenters. The molecule has 16 heavy (non-hydrogen) atoms. The van der Waals surface area contributed by atoms with Gasteiger partial charge in [0.15, 0.2) is 5.12 Å². The highest BCUT2D eigenvalue weighted by molar-refractivity contribution is 8.13. The summed E-state index contributed by atoms with van der Waals surface area (Å²) in [6.07, 6.45) is 0.372. The molecule has 0 bridgehead atoms. The first-order valence-electron chi connectivity index (χ1n) is 4.86. The Kier molecular flexibility index (Phi) is 3.21. The highest BCUT2D eigenvalue weighted by Crippen LogP contribution is 2.36. The highest BCUT2D eigenvalue weighted by atomic mass is 35.5. The van der Waals surface area contributed by atoms with E-state index in [0.717, 1.165) is 10.6 Å². The lowest BCUT2D eigenvalue weighted by atomic mass is 10.2. The quantitative estimate of drug-likeness (QED) is 0.715. The van der Waals surface area contributed by atoms with Crippen LogP contribution < -0.4 is 4.90 Å². The summed E-state index contributed by atoms with van der Waals surface area (Å²) in [6, 6.07) is 5.23. The third kappa shape index (κ3) is 2.23. The number of carbonyl (C=O) groups is 2. The van der Waals surface area contributed by atoms with E-state index in [4.69, 9.17) is 11.6 Å². The Balaban J connectivity index is 2.51. The Morgan fingerprint density at radius 3 is 2.94 bits per heavy atom. The number of hydrogen-bond acceptors (Lipinski definition) is 3. The van der Waals surface area contributed by atoms with Crippen LogP contribution in [0.15, 0.2) is 23.1 Å². The molecule has 0 aliphatic carbocycles. The molecular weight excluding hydrogens is 246 g/mol. The van der Waals surface area contributed by atoms with Crippen molar-refractivity contribution in [1.29, 1.82) is 0 Å². The summed E-state index contributed by atoms with van der Waals surface area (Å²) >= 11 is 7.08. The van der Waals surface area contributed by atoms with Crippen molar-refractivity contribution in [2.24, 2.45) is 0 Å². The van der Waals surface area contributed by atoms with Gasteiger partial charge in [0.05, 0.1) is 5.69 Å². The smallest absolute Gasteiger partial charge is 0.223 e. The van der Waals surface area contributed by atoms with Crippen LogP contribution in [0.4, 0.5) is 5.69 Å². The second-order valence-electron chi connectivity index (χ2n) is 3.51. The molecule has 5 heteroatoms. The van der Waals surface area contributed by atoms with Gasteiger partial charge in [-0.1, -0.05) is 11.6 Å². The number of benzene rings is 1. The van der Waals surface area contributed by atoms with Gasteiger partial charge in [0.25, 0.3) is 0 Å². The monoisotopic (exact) mass is 255 g/mol. The third-order valence-electron chi connectivity index (χ3n) is 2.36. The molecule has 84 valence electrons. The van der Waals surface area contributed by atoms with Crippen molar-refractivity contribution in [2.45, 2.75) is 18.2 Å². The summed E-state index contributed by atoms with van der Waals surface area (Å²) in [5.74, 6) is -0.0705. The topological polar surface area (TPSA) is 37.4 Å². The van der Waals surface area contributed by atoms with Crippen LogP contribution >= 0.6 is 23.4 Å². The number of thioether (sulfide) groups is 1. The molecular formula is C11H10ClNO2S. The van der Waals surface area contributed by atoms with Gasteiger partial charge in [-0.25, -0.2) is 0 Å². The molecule has 0 saturated carbocycles. The molecule has 3 nitrogen and oxygen atoms in total. The van der Waals surface area contributed by atoms with Crippen LogP contribution in [0.2, 0.25) is 5.02 Å². The van der Waals surface area contributed by atoms with Gasteiger partial charge >= 0.3 is 0 Å². The van der Waals surface area contributed by atoms with Crippen molar-refractivity contribution in [3.8, 4) is 0 Å². The summed E-state index contributed by atoms with van der Waals surface area (Å²) in [5.41, 5.74) is 0.732. The maximum absolute atomic E-state index is 11.5. The van der Waals surface area contributed by atoms with E-state index in [0.29, 0.717) is 18.0 Å². The lowest BCUT2D eigenvalue weighted by Crippen LogP contribution is -2.29. The van der Waals surface area contributed by atoms with E-state index in [-0.39, 0.29) is 11.0 Å². The minimum atomic E-state index is -0.0705. The molecule has 0 spiro atoms. The van der Waals surface area contributed by atoms with Crippen LogP contribution in [0, 0.1) is 0 Å². The van der Waals surface area contributed by atoms with E-state index >= 15 is 0 Å². The number of hydrogen-bond donors (Lipinski definition) is 0. The van der Waals surface area contributed by atoms with E-state index < -0.39 is 0 Å². The average molecular weight is 256 g/mol. The molecule has 0 aromatic heterocycles. The Labute approximate surface area is 103 Å². The van der Waals surface area contributed by atoms with Gasteiger partial charge in [-0.15, -0.1) is 0 Å². The van der Waals surface area contributed by atoms with E-state index in [9.17, 15) is 9.59 Å². The number of rotatable bonds is 0. The molecule has 0 saturated heterocycles. The van der Waals surface area contributed by atoms with Crippen LogP contribution in [0.25, 0.3) is 0 Å². The van der Waals surface area contributed by atoms with Gasteiger partial charge in [0.2, 0.25) is 5.91 Å². The summed E-state index contributed by atoms with van der Waals surface area (Å²) < 4.78 is 0. The predicted octanol–water partition coefficient (Wildman–Crippen LogP) is 2.72. The highest BCUT2D eigenvalue weighted by Gasteiger charge is 2.22. The van der Waals surface area contributed by atoms with E-state index in [1.54, 1.807) is 23.1 Å². The minimum Gasteiger partial charge on any atom is -0.311 e. The van der Waals surface area contributed by atoms with Crippen LogP contribution in [0.3, 0.4) is 0 Å². The number of nitrogens with zero attached hydrogens (tertiary/aromatic N) is 1. The van der Waals surface area contributed by atoms with Crippen molar-refractivity contribution < 1.29 is 9.59 Å². The molecule has 2 rings (SSSR count). The number of anilines is 1. The lowest BCUT2D eigenvalue weighted by molar-refractivity contribution is -0.116. The third-order valence-corrected chi connectivity index (χ3v) is 3.59. The molecule has 1 amide bonds. The van der Waals surface area contributed by atoms with Crippen molar-refractivity contribution in [1.82, 2.24) is 0 Å². The maximum atomic E-state index is 11.5. The molecule has 0 fully saturated rings. The average Bonchev–Trinajstić information content (AvgIpc) is 2.36. The molecule has 1 aliphatic heterocycles. The van der Waals surface area contributed by atoms with Gasteiger partial charge < -0.3 is 4.90 Å². The largest absolute Gasteiger partial charge is 0.311 e. The molecule has 1 aromatic rings. The summed E-state index contributed by atoms with van der Waals surface area (Å²) in [6.45, 7) is 1.92. The number of amides is 1. The Morgan fingerprint density at radius 2 is 2.25 bits per heavy atom. The summed E-state index contributed by atoms with van der Waals surface area (Å²) in [4.78, 5) is 25.4. The molecule has 0 radical (unpaired) electrons. The van der Waals surface area contributed by atoms with Gasteiger partial charge in [-0.05, 0) is 30.0 Å². The SMILES string of the molecule is CC(=O)N1CCC(=O)Sc2ccc(Cl)cc21. The maximum Gasteiger partial charge on any atom is 0.223 e. The van der Waals surface area contributed by atoms with Crippen LogP contribution in [-0.4, -0.2) is 17.6 Å². The molecule has 0 N–H and O–H groups in total. The summed E-state index contributed by atoms with van der Waals surface area (Å²) in [5, 5.41) is 0.646. The van der Waals surface area contributed by atoms with Crippen LogP contribution in [0.5, 0.6) is 0 Å². The van der Waals surface area contributed by atoms with E-state index in [1.807, 2.05) is 0 Å². The van der Waals surface area contributed by atoms with Crippen molar-refractivity contribution in [2.75, 3.05) is 11.4 Å². The Hall–Kier alpha value is -1.00. The first kappa shape index (κ1) is 11.5. The van der Waals surface area contributed by atoms with Gasteiger partial charge in [0, 0.05) is 29.8 Å². The van der Waals surface area contributed by atoms with Gasteiger partial charge in [-0.3, -0.25) is 9.59 Å². The fourth-order valence-corrected chi connectivity index (χ4v) is 2.63. The number of fused-ring (bicyclic) bond motifs is 1. The first-order valence-corrected chi connectivity index (χ1v) is 6.05. The first-order chi connectivity index (χ1) is 7.58. The zero-order valence-electron chi connectivity index (χ0n) is 8.70. The second kappa shape index (κ2) is 4.47. The van der Waals surface area contributed by atoms with Crippen molar-refractivity contribution in [3.63, 3.8) is 0 Å². The van der Waals surface area contributed by atoms with Gasteiger partial charge in [0.1, 0.15) is 0 Å². The zero-order valence-corrected chi connectivity index (χ0v) is 10.3. The van der Waals surface area contributed by atoms with E-state index in [2.05, 4.69) is 0 Å². The Morgan fingerprint density at radius 1 is 1.50 bits per heavy atom. The van der Waals surface area contributed by atoms with Crippen molar-refractivity contribution >= 4 is 40.1 Å². The fourth-order valence-electron chi connectivity index (χ4n) is 1.61. The van der Waals surface area contributed by atoms with Crippen LogP contribution in [0.1, 0.15) is 13.3 Å². The fraction of sp³-hybridized carbons (Fsp3) is 0.273. The molecule has 1 aliphatic rings. The van der Waals surface area contributed by atoms with Gasteiger partial charge in [-0.2, -0.15) is 0 Å². The summed E-state index contributed by atoms with van der Waals surface area (Å²) in [7, 11) is 0. The lowest BCUT2D eigenvalue weighted by Gasteiger charge is -2.20. The minimum absolute atomic E-state index is 0.0705. The zero-order chi connectivity index (χ0) is 11.7. The van der Waals surface area contributed by atoms with E-state index in [1.165, 1.54) is 18.7 Å². The number of carbonyl (C=O) groups excluding carboxylic acids is 2. The molecule has 1 heterocycles. The molecule has 1 aromatic carbocycles.